The third kappa shape index (κ3) is 2.54. The molecule has 2 N–H and O–H groups in total. The van der Waals surface area contributed by atoms with Gasteiger partial charge in [-0.05, 0) is 50.5 Å². The van der Waals surface area contributed by atoms with E-state index in [1.54, 1.807) is 4.90 Å². The molecule has 0 spiro atoms. The van der Waals surface area contributed by atoms with E-state index in [1.165, 1.54) is 4.90 Å². The van der Waals surface area contributed by atoms with Crippen molar-refractivity contribution in [2.24, 2.45) is 10.7 Å². The van der Waals surface area contributed by atoms with Gasteiger partial charge in [-0.15, -0.1) is 0 Å². The van der Waals surface area contributed by atoms with Crippen molar-refractivity contribution in [2.75, 3.05) is 29.4 Å². The van der Waals surface area contributed by atoms with E-state index < -0.39 is 11.9 Å². The quantitative estimate of drug-likeness (QED) is 0.902. The predicted octanol–water partition coefficient (Wildman–Crippen LogP) is 1.39. The molecular weight excluding hydrogens is 318 g/mol. The average Bonchev–Trinajstić information content (AvgIpc) is 3.18. The number of amides is 3. The number of primary amides is 1. The lowest BCUT2D eigenvalue weighted by Gasteiger charge is -2.28. The molecule has 7 heteroatoms. The number of amidine groups is 1. The largest absolute Gasteiger partial charge is 0.368 e. The molecule has 2 saturated heterocycles. The van der Waals surface area contributed by atoms with Crippen LogP contribution in [-0.4, -0.2) is 54.4 Å². The van der Waals surface area contributed by atoms with Crippen LogP contribution in [0.25, 0.3) is 0 Å². The maximum Gasteiger partial charge on any atom is 0.325 e. The third-order valence-electron chi connectivity index (χ3n) is 5.19. The van der Waals surface area contributed by atoms with Gasteiger partial charge in [-0.2, -0.15) is 0 Å². The van der Waals surface area contributed by atoms with E-state index >= 15 is 0 Å². The Labute approximate surface area is 147 Å². The van der Waals surface area contributed by atoms with Crippen molar-refractivity contribution in [3.63, 3.8) is 0 Å². The molecule has 0 aliphatic carbocycles. The summed E-state index contributed by atoms with van der Waals surface area (Å²) in [6.07, 6.45) is 3.84. The third-order valence-corrected chi connectivity index (χ3v) is 5.19. The van der Waals surface area contributed by atoms with Gasteiger partial charge in [0.05, 0.1) is 6.04 Å². The minimum absolute atomic E-state index is 0.147. The van der Waals surface area contributed by atoms with Crippen molar-refractivity contribution in [1.29, 1.82) is 0 Å². The fraction of sp³-hybridized carbons (Fsp3) is 0.444. The Bertz CT molecular complexity index is 729. The first-order chi connectivity index (χ1) is 12.1. The summed E-state index contributed by atoms with van der Waals surface area (Å²) in [5, 5.41) is 0. The maximum atomic E-state index is 12.7. The van der Waals surface area contributed by atoms with Gasteiger partial charge in [-0.25, -0.2) is 4.79 Å². The minimum atomic E-state index is -0.640. The van der Waals surface area contributed by atoms with E-state index in [1.807, 2.05) is 37.6 Å². The zero-order valence-corrected chi connectivity index (χ0v) is 14.3. The lowest BCUT2D eigenvalue weighted by molar-refractivity contribution is -0.119. The first kappa shape index (κ1) is 15.9. The van der Waals surface area contributed by atoms with Gasteiger partial charge in [0.2, 0.25) is 5.91 Å². The van der Waals surface area contributed by atoms with Crippen molar-refractivity contribution >= 4 is 29.1 Å². The number of carbonyl (C=O) groups is 2. The molecule has 3 amide bonds. The van der Waals surface area contributed by atoms with E-state index in [-0.39, 0.29) is 12.1 Å². The smallest absolute Gasteiger partial charge is 0.325 e. The van der Waals surface area contributed by atoms with Crippen LogP contribution in [0.5, 0.6) is 0 Å². The topological polar surface area (TPSA) is 82.2 Å². The number of fused-ring (bicyclic) bond motifs is 1. The second kappa shape index (κ2) is 6.06. The Morgan fingerprint density at radius 2 is 1.92 bits per heavy atom. The first-order valence-electron chi connectivity index (χ1n) is 8.69. The fourth-order valence-electron chi connectivity index (χ4n) is 3.99. The van der Waals surface area contributed by atoms with Gasteiger partial charge < -0.3 is 15.5 Å². The first-order valence-corrected chi connectivity index (χ1v) is 8.69. The predicted molar refractivity (Wildman–Crippen MR) is 96.6 cm³/mol. The molecule has 3 aliphatic rings. The summed E-state index contributed by atoms with van der Waals surface area (Å²) in [7, 11) is 0. The van der Waals surface area contributed by atoms with Gasteiger partial charge in [-0.1, -0.05) is 0 Å². The van der Waals surface area contributed by atoms with Crippen LogP contribution < -0.4 is 15.5 Å². The van der Waals surface area contributed by atoms with Crippen LogP contribution >= 0.6 is 0 Å². The van der Waals surface area contributed by atoms with Crippen LogP contribution in [0.4, 0.5) is 16.2 Å². The van der Waals surface area contributed by atoms with E-state index in [4.69, 9.17) is 5.73 Å². The number of carbonyl (C=O) groups excluding carboxylic acids is 2. The Balaban J connectivity index is 1.63. The van der Waals surface area contributed by atoms with Crippen molar-refractivity contribution in [3.8, 4) is 0 Å². The number of rotatable bonds is 3. The number of hydrogen-bond acceptors (Lipinski definition) is 4. The van der Waals surface area contributed by atoms with E-state index in [0.717, 1.165) is 37.5 Å². The van der Waals surface area contributed by atoms with Gasteiger partial charge in [0.15, 0.2) is 0 Å². The molecule has 1 aromatic rings. The van der Waals surface area contributed by atoms with Crippen LogP contribution in [0, 0.1) is 6.42 Å². The molecule has 1 aromatic carbocycles. The molecule has 1 unspecified atom stereocenters. The highest BCUT2D eigenvalue weighted by Gasteiger charge is 2.51. The number of nitrogens with two attached hydrogens (primary N) is 1. The average molecular weight is 340 g/mol. The number of hydrogen-bond donors (Lipinski definition) is 1. The van der Waals surface area contributed by atoms with Crippen LogP contribution in [0.1, 0.15) is 19.8 Å². The Morgan fingerprint density at radius 3 is 2.60 bits per heavy atom. The number of urea groups is 1. The number of aliphatic imine (C=N–C) groups is 1. The zero-order chi connectivity index (χ0) is 17.6. The Morgan fingerprint density at radius 1 is 1.20 bits per heavy atom. The normalized spacial score (nSPS) is 26.0. The number of nitrogens with zero attached hydrogens (tertiary/aromatic N) is 4. The number of benzene rings is 1. The maximum absolute atomic E-state index is 12.7. The van der Waals surface area contributed by atoms with Gasteiger partial charge >= 0.3 is 6.03 Å². The van der Waals surface area contributed by atoms with Gasteiger partial charge in [0, 0.05) is 31.0 Å². The second-order valence-corrected chi connectivity index (χ2v) is 6.66. The standard InChI is InChI=1S/C18H22N5O2/c1-12-20-9-3-11-21(12)13-5-7-14(8-6-13)23-16(17(19)24)15-4-2-10-22(15)18(23)25/h4-8,15-16H,2-3,9-11H2,1H3,(H2,19,24)/t15-,16?/m1/s1. The fourth-order valence-corrected chi connectivity index (χ4v) is 3.99. The molecule has 0 saturated carbocycles. The monoisotopic (exact) mass is 340 g/mol. The van der Waals surface area contributed by atoms with E-state index in [2.05, 4.69) is 9.89 Å². The molecule has 7 nitrogen and oxygen atoms in total. The number of anilines is 2. The van der Waals surface area contributed by atoms with Crippen molar-refractivity contribution < 1.29 is 9.59 Å². The molecule has 1 radical (unpaired) electrons. The van der Waals surface area contributed by atoms with E-state index in [0.29, 0.717) is 12.2 Å². The minimum Gasteiger partial charge on any atom is -0.368 e. The lowest BCUT2D eigenvalue weighted by atomic mass is 10.1. The molecule has 0 aromatic heterocycles. The SMILES string of the molecule is CC1=NCCCN1c1ccc(N2C(=O)N3CC[CH][C@@H]3C2C(N)=O)cc1. The molecule has 2 atom stereocenters. The molecule has 25 heavy (non-hydrogen) atoms. The van der Waals surface area contributed by atoms with Crippen molar-refractivity contribution in [3.05, 3.63) is 30.7 Å². The summed E-state index contributed by atoms with van der Waals surface area (Å²) >= 11 is 0. The van der Waals surface area contributed by atoms with Gasteiger partial charge in [-0.3, -0.25) is 14.7 Å². The molecule has 4 rings (SSSR count). The molecule has 3 aliphatic heterocycles. The molecule has 131 valence electrons. The van der Waals surface area contributed by atoms with Crippen LogP contribution in [-0.2, 0) is 4.79 Å². The summed E-state index contributed by atoms with van der Waals surface area (Å²) in [5.41, 5.74) is 7.35. The molecule has 2 fully saturated rings. The summed E-state index contributed by atoms with van der Waals surface area (Å²) in [4.78, 5) is 34.6. The van der Waals surface area contributed by atoms with Crippen molar-refractivity contribution in [1.82, 2.24) is 4.90 Å². The van der Waals surface area contributed by atoms with Gasteiger partial charge in [0.25, 0.3) is 0 Å². The molecular formula is C18H22N5O2. The Hall–Kier alpha value is -2.57. The molecule has 0 bridgehead atoms. The lowest BCUT2D eigenvalue weighted by Crippen LogP contribution is -2.46. The highest BCUT2D eigenvalue weighted by Crippen LogP contribution is 2.35. The summed E-state index contributed by atoms with van der Waals surface area (Å²) < 4.78 is 0. The highest BCUT2D eigenvalue weighted by molar-refractivity contribution is 6.04. The molecule has 3 heterocycles. The summed E-state index contributed by atoms with van der Waals surface area (Å²) in [6.45, 7) is 4.46. The highest BCUT2D eigenvalue weighted by atomic mass is 16.2. The second-order valence-electron chi connectivity index (χ2n) is 6.66. The van der Waals surface area contributed by atoms with Gasteiger partial charge in [0.1, 0.15) is 11.9 Å². The van der Waals surface area contributed by atoms with Crippen molar-refractivity contribution in [2.45, 2.75) is 31.8 Å². The van der Waals surface area contributed by atoms with Crippen LogP contribution in [0.15, 0.2) is 29.3 Å². The zero-order valence-electron chi connectivity index (χ0n) is 14.3. The summed E-state index contributed by atoms with van der Waals surface area (Å²) in [5.74, 6) is 0.531. The van der Waals surface area contributed by atoms with Crippen LogP contribution in [0.3, 0.4) is 0 Å². The summed E-state index contributed by atoms with van der Waals surface area (Å²) in [6, 6.07) is 6.70. The van der Waals surface area contributed by atoms with Crippen LogP contribution in [0.2, 0.25) is 0 Å². The Kier molecular flexibility index (Phi) is 3.86. The van der Waals surface area contributed by atoms with E-state index in [9.17, 15) is 9.59 Å².